The second kappa shape index (κ2) is 4.21. The molecule has 0 aliphatic rings. The molecule has 0 aliphatic carbocycles. The summed E-state index contributed by atoms with van der Waals surface area (Å²) in [7, 11) is 0. The van der Waals surface area contributed by atoms with Gasteiger partial charge >= 0.3 is 0 Å². The standard InChI is InChI=1S/C10H12N2S2/c1-2-7-3-4-9(14-7)10(11)8-5-13-6-12-8/h3-6,10H,2,11H2,1H3. The van der Waals surface area contributed by atoms with E-state index in [2.05, 4.69) is 24.0 Å². The average Bonchev–Trinajstić information content (AvgIpc) is 2.88. The van der Waals surface area contributed by atoms with Crippen LogP contribution in [-0.2, 0) is 6.42 Å². The molecule has 0 bridgehead atoms. The molecule has 2 N–H and O–H groups in total. The Labute approximate surface area is 91.4 Å². The summed E-state index contributed by atoms with van der Waals surface area (Å²) in [6, 6.07) is 4.20. The lowest BCUT2D eigenvalue weighted by molar-refractivity contribution is 0.858. The van der Waals surface area contributed by atoms with Crippen LogP contribution in [0.1, 0.15) is 28.4 Å². The van der Waals surface area contributed by atoms with Crippen molar-refractivity contribution in [3.63, 3.8) is 0 Å². The van der Waals surface area contributed by atoms with Gasteiger partial charge in [0.1, 0.15) is 0 Å². The number of nitrogens with two attached hydrogens (primary N) is 1. The van der Waals surface area contributed by atoms with E-state index < -0.39 is 0 Å². The van der Waals surface area contributed by atoms with Gasteiger partial charge in [-0.1, -0.05) is 6.92 Å². The number of hydrogen-bond acceptors (Lipinski definition) is 4. The zero-order valence-corrected chi connectivity index (χ0v) is 9.57. The Morgan fingerprint density at radius 1 is 1.50 bits per heavy atom. The van der Waals surface area contributed by atoms with Crippen LogP contribution in [0.4, 0.5) is 0 Å². The Kier molecular flexibility index (Phi) is 2.96. The van der Waals surface area contributed by atoms with Gasteiger partial charge in [0.2, 0.25) is 0 Å². The number of aromatic nitrogens is 1. The zero-order valence-electron chi connectivity index (χ0n) is 7.93. The second-order valence-corrected chi connectivity index (χ2v) is 4.97. The van der Waals surface area contributed by atoms with Crippen molar-refractivity contribution in [1.82, 2.24) is 4.98 Å². The van der Waals surface area contributed by atoms with Gasteiger partial charge in [-0.05, 0) is 18.6 Å². The maximum Gasteiger partial charge on any atom is 0.0828 e. The van der Waals surface area contributed by atoms with E-state index in [9.17, 15) is 0 Å². The molecule has 74 valence electrons. The molecular formula is C10H12N2S2. The van der Waals surface area contributed by atoms with Crippen molar-refractivity contribution < 1.29 is 0 Å². The summed E-state index contributed by atoms with van der Waals surface area (Å²) in [4.78, 5) is 6.81. The normalized spacial score (nSPS) is 13.0. The number of hydrogen-bond donors (Lipinski definition) is 1. The maximum absolute atomic E-state index is 6.08. The predicted molar refractivity (Wildman–Crippen MR) is 61.8 cm³/mol. The fourth-order valence-electron chi connectivity index (χ4n) is 1.27. The van der Waals surface area contributed by atoms with Crippen LogP contribution >= 0.6 is 22.7 Å². The van der Waals surface area contributed by atoms with Gasteiger partial charge < -0.3 is 5.73 Å². The largest absolute Gasteiger partial charge is 0.318 e. The summed E-state index contributed by atoms with van der Waals surface area (Å²) in [6.45, 7) is 2.16. The molecule has 0 aliphatic heterocycles. The van der Waals surface area contributed by atoms with Gasteiger partial charge in [-0.2, -0.15) is 0 Å². The number of nitrogens with zero attached hydrogens (tertiary/aromatic N) is 1. The second-order valence-electron chi connectivity index (χ2n) is 3.05. The molecule has 0 saturated heterocycles. The van der Waals surface area contributed by atoms with Crippen LogP contribution in [0.3, 0.4) is 0 Å². The van der Waals surface area contributed by atoms with Gasteiger partial charge in [-0.3, -0.25) is 0 Å². The van der Waals surface area contributed by atoms with Gasteiger partial charge in [0.05, 0.1) is 17.2 Å². The minimum atomic E-state index is -0.0495. The lowest BCUT2D eigenvalue weighted by atomic mass is 10.2. The zero-order chi connectivity index (χ0) is 9.97. The van der Waals surface area contributed by atoms with Crippen molar-refractivity contribution in [3.05, 3.63) is 38.5 Å². The molecule has 2 nitrogen and oxygen atoms in total. The summed E-state index contributed by atoms with van der Waals surface area (Å²) in [5.41, 5.74) is 8.88. The van der Waals surface area contributed by atoms with Crippen LogP contribution in [0.25, 0.3) is 0 Å². The lowest BCUT2D eigenvalue weighted by Crippen LogP contribution is -2.10. The van der Waals surface area contributed by atoms with E-state index in [1.54, 1.807) is 22.7 Å². The van der Waals surface area contributed by atoms with E-state index in [1.807, 2.05) is 10.9 Å². The predicted octanol–water partition coefficient (Wildman–Crippen LogP) is 2.82. The number of thiazole rings is 1. The van der Waals surface area contributed by atoms with Crippen molar-refractivity contribution in [1.29, 1.82) is 0 Å². The number of aryl methyl sites for hydroxylation is 1. The highest BCUT2D eigenvalue weighted by atomic mass is 32.1. The molecule has 0 saturated carbocycles. The van der Waals surface area contributed by atoms with Crippen molar-refractivity contribution in [3.8, 4) is 0 Å². The first kappa shape index (κ1) is 9.83. The first-order valence-corrected chi connectivity index (χ1v) is 6.29. The molecular weight excluding hydrogens is 212 g/mol. The minimum absolute atomic E-state index is 0.0495. The Hall–Kier alpha value is -0.710. The summed E-state index contributed by atoms with van der Waals surface area (Å²) in [5.74, 6) is 0. The fraction of sp³-hybridized carbons (Fsp3) is 0.300. The van der Waals surface area contributed by atoms with E-state index in [0.717, 1.165) is 12.1 Å². The molecule has 14 heavy (non-hydrogen) atoms. The Balaban J connectivity index is 2.23. The number of rotatable bonds is 3. The molecule has 0 amide bonds. The SMILES string of the molecule is CCc1ccc(C(N)c2cscn2)s1. The molecule has 2 aromatic rings. The van der Waals surface area contributed by atoms with Crippen LogP contribution in [0.15, 0.2) is 23.0 Å². The van der Waals surface area contributed by atoms with Crippen LogP contribution in [0.2, 0.25) is 0 Å². The van der Waals surface area contributed by atoms with Crippen LogP contribution < -0.4 is 5.73 Å². The van der Waals surface area contributed by atoms with Crippen molar-refractivity contribution in [2.45, 2.75) is 19.4 Å². The minimum Gasteiger partial charge on any atom is -0.318 e. The Morgan fingerprint density at radius 3 is 2.93 bits per heavy atom. The van der Waals surface area contributed by atoms with E-state index in [-0.39, 0.29) is 6.04 Å². The van der Waals surface area contributed by atoms with Crippen molar-refractivity contribution in [2.75, 3.05) is 0 Å². The monoisotopic (exact) mass is 224 g/mol. The van der Waals surface area contributed by atoms with Gasteiger partial charge in [0.15, 0.2) is 0 Å². The lowest BCUT2D eigenvalue weighted by Gasteiger charge is -2.04. The van der Waals surface area contributed by atoms with E-state index in [0.29, 0.717) is 0 Å². The van der Waals surface area contributed by atoms with Crippen molar-refractivity contribution in [2.24, 2.45) is 5.73 Å². The van der Waals surface area contributed by atoms with Gasteiger partial charge in [0, 0.05) is 15.1 Å². The van der Waals surface area contributed by atoms with E-state index >= 15 is 0 Å². The van der Waals surface area contributed by atoms with Gasteiger partial charge in [0.25, 0.3) is 0 Å². The third kappa shape index (κ3) is 1.87. The third-order valence-electron chi connectivity index (χ3n) is 2.11. The highest BCUT2D eigenvalue weighted by molar-refractivity contribution is 7.12. The quantitative estimate of drug-likeness (QED) is 0.870. The summed E-state index contributed by atoms with van der Waals surface area (Å²) < 4.78 is 0. The Morgan fingerprint density at radius 2 is 2.36 bits per heavy atom. The summed E-state index contributed by atoms with van der Waals surface area (Å²) >= 11 is 3.37. The smallest absolute Gasteiger partial charge is 0.0828 e. The first-order valence-electron chi connectivity index (χ1n) is 4.53. The molecule has 0 aromatic carbocycles. The van der Waals surface area contributed by atoms with E-state index in [1.165, 1.54) is 9.75 Å². The van der Waals surface area contributed by atoms with Gasteiger partial charge in [-0.25, -0.2) is 4.98 Å². The van der Waals surface area contributed by atoms with E-state index in [4.69, 9.17) is 5.73 Å². The molecule has 2 rings (SSSR count). The molecule has 0 radical (unpaired) electrons. The topological polar surface area (TPSA) is 38.9 Å². The molecule has 1 unspecified atom stereocenters. The first-order chi connectivity index (χ1) is 6.81. The third-order valence-corrected chi connectivity index (χ3v) is 4.02. The molecule has 4 heteroatoms. The van der Waals surface area contributed by atoms with Crippen molar-refractivity contribution >= 4 is 22.7 Å². The molecule has 2 aromatic heterocycles. The van der Waals surface area contributed by atoms with Gasteiger partial charge in [-0.15, -0.1) is 22.7 Å². The maximum atomic E-state index is 6.08. The van der Waals surface area contributed by atoms with Crippen LogP contribution in [0, 0.1) is 0 Å². The number of thiophene rings is 1. The molecule has 0 spiro atoms. The average molecular weight is 224 g/mol. The van der Waals surface area contributed by atoms with Crippen LogP contribution in [-0.4, -0.2) is 4.98 Å². The molecule has 1 atom stereocenters. The fourth-order valence-corrected chi connectivity index (χ4v) is 2.83. The van der Waals surface area contributed by atoms with Crippen LogP contribution in [0.5, 0.6) is 0 Å². The molecule has 0 fully saturated rings. The Bertz CT molecular complexity index is 392. The highest BCUT2D eigenvalue weighted by Crippen LogP contribution is 2.26. The molecule has 2 heterocycles. The summed E-state index contributed by atoms with van der Waals surface area (Å²) in [5, 5.41) is 2.01. The summed E-state index contributed by atoms with van der Waals surface area (Å²) in [6.07, 6.45) is 1.08. The highest BCUT2D eigenvalue weighted by Gasteiger charge is 2.12.